The molecular formula is C18H25FN2O2. The molecule has 1 aromatic rings. The molecule has 3 unspecified atom stereocenters. The van der Waals surface area contributed by atoms with Gasteiger partial charge in [-0.2, -0.15) is 0 Å². The van der Waals surface area contributed by atoms with E-state index in [0.717, 1.165) is 13.1 Å². The molecule has 1 aromatic carbocycles. The lowest BCUT2D eigenvalue weighted by Crippen LogP contribution is -2.39. The maximum atomic E-state index is 13.8. The van der Waals surface area contributed by atoms with Gasteiger partial charge in [0.25, 0.3) is 0 Å². The van der Waals surface area contributed by atoms with E-state index in [1.807, 2.05) is 39.8 Å². The van der Waals surface area contributed by atoms with Crippen molar-refractivity contribution in [2.45, 2.75) is 45.4 Å². The second kappa shape index (κ2) is 5.78. The minimum atomic E-state index is -0.457. The Morgan fingerprint density at radius 3 is 2.48 bits per heavy atom. The average Bonchev–Trinajstić information content (AvgIpc) is 2.90. The second-order valence-electron chi connectivity index (χ2n) is 7.65. The summed E-state index contributed by atoms with van der Waals surface area (Å²) in [5, 5.41) is 3.50. The molecule has 1 saturated heterocycles. The molecule has 3 rings (SSSR count). The Hall–Kier alpha value is -1.62. The van der Waals surface area contributed by atoms with Crippen LogP contribution in [0.2, 0.25) is 0 Å². The summed E-state index contributed by atoms with van der Waals surface area (Å²) in [4.78, 5) is 13.8. The maximum absolute atomic E-state index is 13.8. The summed E-state index contributed by atoms with van der Waals surface area (Å²) in [6, 6.07) is 7.21. The molecule has 23 heavy (non-hydrogen) atoms. The number of carbonyl (C=O) groups excluding carboxylic acids is 1. The number of halogens is 1. The summed E-state index contributed by atoms with van der Waals surface area (Å²) in [5.41, 5.74) is 0.238. The van der Waals surface area contributed by atoms with Gasteiger partial charge >= 0.3 is 6.09 Å². The molecule has 1 amide bonds. The summed E-state index contributed by atoms with van der Waals surface area (Å²) in [6.07, 6.45) is -0.231. The number of hydrogen-bond donors (Lipinski definition) is 1. The monoisotopic (exact) mass is 320 g/mol. The Labute approximate surface area is 137 Å². The van der Waals surface area contributed by atoms with Crippen LogP contribution in [-0.4, -0.2) is 35.7 Å². The Morgan fingerprint density at radius 1 is 1.30 bits per heavy atom. The predicted octanol–water partition coefficient (Wildman–Crippen LogP) is 3.34. The lowest BCUT2D eigenvalue weighted by molar-refractivity contribution is 0.0269. The van der Waals surface area contributed by atoms with Crippen molar-refractivity contribution < 1.29 is 13.9 Å². The first kappa shape index (κ1) is 16.2. The number of amides is 1. The summed E-state index contributed by atoms with van der Waals surface area (Å²) in [7, 11) is 0. The van der Waals surface area contributed by atoms with Crippen LogP contribution in [0.25, 0.3) is 0 Å². The molecule has 0 bridgehead atoms. The van der Waals surface area contributed by atoms with Crippen LogP contribution in [0.5, 0.6) is 0 Å². The number of benzene rings is 1. The highest BCUT2D eigenvalue weighted by atomic mass is 19.1. The number of hydrogen-bond acceptors (Lipinski definition) is 3. The smallest absolute Gasteiger partial charge is 0.410 e. The molecule has 1 aliphatic heterocycles. The number of ether oxygens (including phenoxy) is 1. The van der Waals surface area contributed by atoms with E-state index in [2.05, 4.69) is 5.32 Å². The van der Waals surface area contributed by atoms with Crippen LogP contribution < -0.4 is 5.32 Å². The Morgan fingerprint density at radius 2 is 1.91 bits per heavy atom. The third-order valence-electron chi connectivity index (χ3n) is 4.66. The lowest BCUT2D eigenvalue weighted by Gasteiger charge is -2.26. The third-order valence-corrected chi connectivity index (χ3v) is 4.66. The summed E-state index contributed by atoms with van der Waals surface area (Å²) >= 11 is 0. The van der Waals surface area contributed by atoms with Crippen LogP contribution in [0.15, 0.2) is 24.3 Å². The Kier molecular flexibility index (Phi) is 4.08. The number of piperidine rings is 1. The summed E-state index contributed by atoms with van der Waals surface area (Å²) in [6.45, 7) is 9.06. The van der Waals surface area contributed by atoms with Gasteiger partial charge in [0, 0.05) is 30.7 Å². The molecule has 4 nitrogen and oxygen atoms in total. The second-order valence-corrected chi connectivity index (χ2v) is 7.65. The molecule has 0 radical (unpaired) electrons. The number of likely N-dealkylation sites (tertiary alicyclic amines) is 1. The van der Waals surface area contributed by atoms with Crippen molar-refractivity contribution in [1.29, 1.82) is 0 Å². The fourth-order valence-corrected chi connectivity index (χ4v) is 3.45. The minimum Gasteiger partial charge on any atom is -0.444 e. The van der Waals surface area contributed by atoms with Gasteiger partial charge in [-0.3, -0.25) is 0 Å². The van der Waals surface area contributed by atoms with Crippen LogP contribution in [0.3, 0.4) is 0 Å². The lowest BCUT2D eigenvalue weighted by atomic mass is 10.1. The number of nitrogens with zero attached hydrogens (tertiary/aromatic N) is 1. The van der Waals surface area contributed by atoms with E-state index < -0.39 is 5.60 Å². The quantitative estimate of drug-likeness (QED) is 0.929. The molecule has 1 aliphatic carbocycles. The first-order valence-corrected chi connectivity index (χ1v) is 8.24. The molecule has 0 aromatic heterocycles. The first-order chi connectivity index (χ1) is 10.8. The maximum Gasteiger partial charge on any atom is 0.410 e. The zero-order valence-electron chi connectivity index (χ0n) is 14.2. The van der Waals surface area contributed by atoms with Crippen LogP contribution in [0, 0.1) is 17.7 Å². The molecule has 5 heteroatoms. The SMILES string of the molecule is CC(NC1C2CN(C(=O)OC(C)(C)C)CC21)c1ccccc1F. The minimum absolute atomic E-state index is 0.0261. The number of rotatable bonds is 3. The molecule has 126 valence electrons. The van der Waals surface area contributed by atoms with Gasteiger partial charge in [0.15, 0.2) is 0 Å². The normalized spacial score (nSPS) is 27.5. The van der Waals surface area contributed by atoms with Crippen molar-refractivity contribution >= 4 is 6.09 Å². The topological polar surface area (TPSA) is 41.6 Å². The van der Waals surface area contributed by atoms with Gasteiger partial charge in [-0.15, -0.1) is 0 Å². The van der Waals surface area contributed by atoms with Crippen LogP contribution in [-0.2, 0) is 4.74 Å². The van der Waals surface area contributed by atoms with E-state index in [9.17, 15) is 9.18 Å². The Balaban J connectivity index is 1.51. The van der Waals surface area contributed by atoms with Crippen molar-refractivity contribution in [2.24, 2.45) is 11.8 Å². The highest BCUT2D eigenvalue weighted by Crippen LogP contribution is 2.46. The molecule has 2 aliphatic rings. The molecule has 0 spiro atoms. The largest absolute Gasteiger partial charge is 0.444 e. The van der Waals surface area contributed by atoms with Gasteiger partial charge in [-0.05, 0) is 45.6 Å². The standard InChI is InChI=1S/C18H25FN2O2/c1-11(12-7-5-6-8-15(12)19)20-16-13-9-21(10-14(13)16)17(22)23-18(2,3)4/h5-8,11,13-14,16,20H,9-10H2,1-4H3. The van der Waals surface area contributed by atoms with Crippen molar-refractivity contribution in [3.8, 4) is 0 Å². The third kappa shape index (κ3) is 3.50. The van der Waals surface area contributed by atoms with Crippen molar-refractivity contribution in [3.05, 3.63) is 35.6 Å². The highest BCUT2D eigenvalue weighted by molar-refractivity contribution is 5.69. The van der Waals surface area contributed by atoms with Crippen molar-refractivity contribution in [3.63, 3.8) is 0 Å². The Bertz CT molecular complexity index is 587. The van der Waals surface area contributed by atoms with Gasteiger partial charge in [0.1, 0.15) is 11.4 Å². The van der Waals surface area contributed by atoms with Gasteiger partial charge in [-0.25, -0.2) is 9.18 Å². The number of carbonyl (C=O) groups is 1. The molecular weight excluding hydrogens is 295 g/mol. The highest BCUT2D eigenvalue weighted by Gasteiger charge is 2.57. The van der Waals surface area contributed by atoms with Crippen LogP contribution in [0.1, 0.15) is 39.3 Å². The van der Waals surface area contributed by atoms with E-state index in [1.54, 1.807) is 11.0 Å². The number of nitrogens with one attached hydrogen (secondary N) is 1. The summed E-state index contributed by atoms with van der Waals surface area (Å²) < 4.78 is 19.2. The fourth-order valence-electron chi connectivity index (χ4n) is 3.45. The average molecular weight is 320 g/mol. The molecule has 1 heterocycles. The fraction of sp³-hybridized carbons (Fsp3) is 0.611. The zero-order chi connectivity index (χ0) is 16.8. The van der Waals surface area contributed by atoms with Crippen molar-refractivity contribution in [2.75, 3.05) is 13.1 Å². The van der Waals surface area contributed by atoms with Crippen LogP contribution in [0.4, 0.5) is 9.18 Å². The van der Waals surface area contributed by atoms with E-state index in [-0.39, 0.29) is 18.0 Å². The van der Waals surface area contributed by atoms with Crippen LogP contribution >= 0.6 is 0 Å². The van der Waals surface area contributed by atoms with Gasteiger partial charge < -0.3 is 15.0 Å². The van der Waals surface area contributed by atoms with E-state index in [4.69, 9.17) is 4.74 Å². The number of fused-ring (bicyclic) bond motifs is 1. The van der Waals surface area contributed by atoms with Crippen molar-refractivity contribution in [1.82, 2.24) is 10.2 Å². The van der Waals surface area contributed by atoms with Gasteiger partial charge in [-0.1, -0.05) is 18.2 Å². The molecule has 1 saturated carbocycles. The van der Waals surface area contributed by atoms with E-state index in [1.165, 1.54) is 6.07 Å². The summed E-state index contributed by atoms with van der Waals surface area (Å²) in [5.74, 6) is 0.738. The van der Waals surface area contributed by atoms with Gasteiger partial charge in [0.2, 0.25) is 0 Å². The zero-order valence-corrected chi connectivity index (χ0v) is 14.2. The van der Waals surface area contributed by atoms with E-state index >= 15 is 0 Å². The molecule has 3 atom stereocenters. The first-order valence-electron chi connectivity index (χ1n) is 8.24. The molecule has 2 fully saturated rings. The van der Waals surface area contributed by atoms with Gasteiger partial charge in [0.05, 0.1) is 0 Å². The predicted molar refractivity (Wildman–Crippen MR) is 86.5 cm³/mol. The van der Waals surface area contributed by atoms with E-state index in [0.29, 0.717) is 23.4 Å². The molecule has 1 N–H and O–H groups in total.